The minimum absolute atomic E-state index is 0.108. The van der Waals surface area contributed by atoms with Crippen LogP contribution in [-0.4, -0.2) is 52.9 Å². The van der Waals surface area contributed by atoms with Crippen molar-refractivity contribution in [1.29, 1.82) is 0 Å². The standard InChI is InChI=1S/C20H23N5O3/c26-19(25-12-10-24(11-13-25)18-21-8-3-9-22-18)23-15-4-5-16-17(14-15)28-20(27-16)6-1-2-7-20/h3-5,8-9,14H,1-2,6-7,10-13H2,(H,23,26). The van der Waals surface area contributed by atoms with E-state index < -0.39 is 5.79 Å². The number of nitrogens with one attached hydrogen (secondary N) is 1. The van der Waals surface area contributed by atoms with Gasteiger partial charge in [0.1, 0.15) is 0 Å². The Balaban J connectivity index is 1.19. The Bertz CT molecular complexity index is 861. The second-order valence-electron chi connectivity index (χ2n) is 7.44. The first-order valence-electron chi connectivity index (χ1n) is 9.81. The lowest BCUT2D eigenvalue weighted by atomic mass is 10.2. The maximum Gasteiger partial charge on any atom is 0.321 e. The lowest BCUT2D eigenvalue weighted by Crippen LogP contribution is -2.50. The number of ether oxygens (including phenoxy) is 2. The zero-order chi connectivity index (χ0) is 19.0. The molecular weight excluding hydrogens is 358 g/mol. The predicted octanol–water partition coefficient (Wildman–Crippen LogP) is 2.87. The Hall–Kier alpha value is -3.03. The van der Waals surface area contributed by atoms with E-state index in [4.69, 9.17) is 9.47 Å². The SMILES string of the molecule is O=C(Nc1ccc2c(c1)OC1(CCCC1)O2)N1CCN(c2ncccn2)CC1. The number of hydrogen-bond donors (Lipinski definition) is 1. The van der Waals surface area contributed by atoms with Gasteiger partial charge >= 0.3 is 6.03 Å². The van der Waals surface area contributed by atoms with E-state index in [1.165, 1.54) is 0 Å². The summed E-state index contributed by atoms with van der Waals surface area (Å²) >= 11 is 0. The fourth-order valence-electron chi connectivity index (χ4n) is 4.06. The fraction of sp³-hybridized carbons (Fsp3) is 0.450. The molecule has 28 heavy (non-hydrogen) atoms. The average molecular weight is 381 g/mol. The van der Waals surface area contributed by atoms with Crippen molar-refractivity contribution in [3.05, 3.63) is 36.7 Å². The molecule has 0 unspecified atom stereocenters. The number of carbonyl (C=O) groups excluding carboxylic acids is 1. The van der Waals surface area contributed by atoms with Crippen LogP contribution >= 0.6 is 0 Å². The molecule has 146 valence electrons. The van der Waals surface area contributed by atoms with E-state index in [0.29, 0.717) is 37.9 Å². The maximum atomic E-state index is 12.7. The predicted molar refractivity (Wildman–Crippen MR) is 104 cm³/mol. The highest BCUT2D eigenvalue weighted by Gasteiger charge is 2.44. The molecule has 1 spiro atoms. The van der Waals surface area contributed by atoms with Gasteiger partial charge in [-0.25, -0.2) is 14.8 Å². The van der Waals surface area contributed by atoms with Gasteiger partial charge in [-0.15, -0.1) is 0 Å². The molecule has 0 atom stereocenters. The number of benzene rings is 1. The lowest BCUT2D eigenvalue weighted by Gasteiger charge is -2.34. The molecule has 0 bridgehead atoms. The van der Waals surface area contributed by atoms with Gasteiger partial charge in [-0.3, -0.25) is 0 Å². The smallest absolute Gasteiger partial charge is 0.321 e. The number of anilines is 2. The molecule has 1 saturated heterocycles. The molecule has 1 N–H and O–H groups in total. The Morgan fingerprint density at radius 1 is 1.00 bits per heavy atom. The van der Waals surface area contributed by atoms with Crippen LogP contribution in [0, 0.1) is 0 Å². The number of hydrogen-bond acceptors (Lipinski definition) is 6. The van der Waals surface area contributed by atoms with Crippen molar-refractivity contribution in [1.82, 2.24) is 14.9 Å². The molecule has 3 aliphatic rings. The largest absolute Gasteiger partial charge is 0.448 e. The first kappa shape index (κ1) is 17.1. The molecule has 1 saturated carbocycles. The number of nitrogens with zero attached hydrogens (tertiary/aromatic N) is 4. The number of carbonyl (C=O) groups is 1. The molecule has 8 nitrogen and oxygen atoms in total. The van der Waals surface area contributed by atoms with Crippen molar-refractivity contribution in [3.8, 4) is 11.5 Å². The van der Waals surface area contributed by atoms with Crippen LogP contribution in [0.4, 0.5) is 16.4 Å². The van der Waals surface area contributed by atoms with Gasteiger partial charge in [0.25, 0.3) is 5.79 Å². The van der Waals surface area contributed by atoms with Gasteiger partial charge in [0.2, 0.25) is 5.95 Å². The van der Waals surface area contributed by atoms with Crippen LogP contribution in [0.1, 0.15) is 25.7 Å². The third-order valence-corrected chi connectivity index (χ3v) is 5.55. The van der Waals surface area contributed by atoms with Crippen LogP contribution in [0.3, 0.4) is 0 Å². The molecule has 8 heteroatoms. The molecule has 0 radical (unpaired) electrons. The van der Waals surface area contributed by atoms with Gasteiger partial charge in [-0.1, -0.05) is 0 Å². The molecule has 2 fully saturated rings. The summed E-state index contributed by atoms with van der Waals surface area (Å²) in [7, 11) is 0. The van der Waals surface area contributed by atoms with E-state index in [0.717, 1.165) is 37.1 Å². The van der Waals surface area contributed by atoms with Crippen LogP contribution in [0.15, 0.2) is 36.7 Å². The molecule has 1 aliphatic carbocycles. The van der Waals surface area contributed by atoms with E-state index in [1.54, 1.807) is 18.5 Å². The Morgan fingerprint density at radius 2 is 1.71 bits per heavy atom. The van der Waals surface area contributed by atoms with Gasteiger partial charge in [0, 0.05) is 63.2 Å². The second kappa shape index (κ2) is 6.85. The summed E-state index contributed by atoms with van der Waals surface area (Å²) in [5.41, 5.74) is 0.719. The quantitative estimate of drug-likeness (QED) is 0.862. The molecular formula is C20H23N5O3. The number of fused-ring (bicyclic) bond motifs is 1. The van der Waals surface area contributed by atoms with Gasteiger partial charge < -0.3 is 24.6 Å². The van der Waals surface area contributed by atoms with Crippen molar-refractivity contribution in [2.24, 2.45) is 0 Å². The molecule has 1 aromatic carbocycles. The normalized spacial score (nSPS) is 19.9. The van der Waals surface area contributed by atoms with Crippen molar-refractivity contribution < 1.29 is 14.3 Å². The minimum Gasteiger partial charge on any atom is -0.448 e. The summed E-state index contributed by atoms with van der Waals surface area (Å²) in [4.78, 5) is 25.1. The number of amides is 2. The van der Waals surface area contributed by atoms with Crippen LogP contribution in [0.5, 0.6) is 11.5 Å². The van der Waals surface area contributed by atoms with E-state index in [9.17, 15) is 4.79 Å². The molecule has 2 aromatic rings. The zero-order valence-corrected chi connectivity index (χ0v) is 15.6. The van der Waals surface area contributed by atoms with E-state index in [1.807, 2.05) is 23.1 Å². The average Bonchev–Trinajstić information content (AvgIpc) is 3.34. The fourth-order valence-corrected chi connectivity index (χ4v) is 4.06. The van der Waals surface area contributed by atoms with E-state index >= 15 is 0 Å². The van der Waals surface area contributed by atoms with Crippen molar-refractivity contribution in [2.45, 2.75) is 31.5 Å². The molecule has 2 aliphatic heterocycles. The lowest BCUT2D eigenvalue weighted by molar-refractivity contribution is -0.0716. The van der Waals surface area contributed by atoms with Crippen molar-refractivity contribution in [2.75, 3.05) is 36.4 Å². The minimum atomic E-state index is -0.485. The zero-order valence-electron chi connectivity index (χ0n) is 15.6. The van der Waals surface area contributed by atoms with Crippen LogP contribution in [0.25, 0.3) is 0 Å². The summed E-state index contributed by atoms with van der Waals surface area (Å²) in [6.07, 6.45) is 7.54. The van der Waals surface area contributed by atoms with Gasteiger partial charge in [0.15, 0.2) is 11.5 Å². The highest BCUT2D eigenvalue weighted by molar-refractivity contribution is 5.90. The third-order valence-electron chi connectivity index (χ3n) is 5.55. The van der Waals surface area contributed by atoms with Gasteiger partial charge in [-0.2, -0.15) is 0 Å². The number of urea groups is 1. The van der Waals surface area contributed by atoms with Crippen molar-refractivity contribution >= 4 is 17.7 Å². The molecule has 2 amide bonds. The maximum absolute atomic E-state index is 12.7. The van der Waals surface area contributed by atoms with E-state index in [2.05, 4.69) is 20.2 Å². The first-order chi connectivity index (χ1) is 13.7. The summed E-state index contributed by atoms with van der Waals surface area (Å²) < 4.78 is 12.1. The number of piperazine rings is 1. The number of aromatic nitrogens is 2. The Labute approximate surface area is 163 Å². The van der Waals surface area contributed by atoms with E-state index in [-0.39, 0.29) is 6.03 Å². The summed E-state index contributed by atoms with van der Waals surface area (Å²) in [5.74, 6) is 1.70. The summed E-state index contributed by atoms with van der Waals surface area (Å²) in [6.45, 7) is 2.66. The summed E-state index contributed by atoms with van der Waals surface area (Å²) in [6, 6.07) is 7.29. The van der Waals surface area contributed by atoms with Gasteiger partial charge in [0.05, 0.1) is 0 Å². The topological polar surface area (TPSA) is 79.8 Å². The van der Waals surface area contributed by atoms with Crippen molar-refractivity contribution in [3.63, 3.8) is 0 Å². The molecule has 1 aromatic heterocycles. The summed E-state index contributed by atoms with van der Waals surface area (Å²) in [5, 5.41) is 2.98. The van der Waals surface area contributed by atoms with Crippen LogP contribution < -0.4 is 19.7 Å². The highest BCUT2D eigenvalue weighted by Crippen LogP contribution is 2.47. The Kier molecular flexibility index (Phi) is 4.18. The number of rotatable bonds is 2. The first-order valence-corrected chi connectivity index (χ1v) is 9.81. The highest BCUT2D eigenvalue weighted by atomic mass is 16.7. The third kappa shape index (κ3) is 3.19. The van der Waals surface area contributed by atoms with Crippen LogP contribution in [-0.2, 0) is 0 Å². The Morgan fingerprint density at radius 3 is 2.46 bits per heavy atom. The van der Waals surface area contributed by atoms with Crippen LogP contribution in [0.2, 0.25) is 0 Å². The molecule has 5 rings (SSSR count). The van der Waals surface area contributed by atoms with Gasteiger partial charge in [-0.05, 0) is 31.0 Å². The molecule has 3 heterocycles. The second-order valence-corrected chi connectivity index (χ2v) is 7.44. The monoisotopic (exact) mass is 381 g/mol.